The highest BCUT2D eigenvalue weighted by Crippen LogP contribution is 2.32. The highest BCUT2D eigenvalue weighted by Gasteiger charge is 2.18. The minimum atomic E-state index is -0.0502. The van der Waals surface area contributed by atoms with Crippen LogP contribution in [0.1, 0.15) is 25.0 Å². The summed E-state index contributed by atoms with van der Waals surface area (Å²) in [5.74, 6) is 1.54. The molecule has 0 N–H and O–H groups in total. The van der Waals surface area contributed by atoms with Gasteiger partial charge < -0.3 is 9.32 Å². The third-order valence-corrected chi connectivity index (χ3v) is 6.29. The van der Waals surface area contributed by atoms with Gasteiger partial charge in [-0.05, 0) is 47.3 Å². The van der Waals surface area contributed by atoms with Crippen molar-refractivity contribution in [1.82, 2.24) is 9.38 Å². The Morgan fingerprint density at radius 3 is 2.85 bits per heavy atom. The molecule has 3 aromatic heterocycles. The van der Waals surface area contributed by atoms with Crippen LogP contribution < -0.4 is 15.0 Å². The summed E-state index contributed by atoms with van der Waals surface area (Å²) in [7, 11) is 0. The quantitative estimate of drug-likeness (QED) is 0.486. The normalized spacial score (nSPS) is 16.2. The first kappa shape index (κ1) is 16.1. The number of piperidine rings is 1. The van der Waals surface area contributed by atoms with Gasteiger partial charge in [0.25, 0.3) is 5.56 Å². The second-order valence-electron chi connectivity index (χ2n) is 6.48. The number of nitrogens with zero attached hydrogens (tertiary/aromatic N) is 3. The third kappa shape index (κ3) is 2.57. The fourth-order valence-electron chi connectivity index (χ4n) is 3.50. The Balaban J connectivity index is 1.60. The molecule has 0 amide bonds. The zero-order chi connectivity index (χ0) is 17.7. The van der Waals surface area contributed by atoms with Crippen molar-refractivity contribution >= 4 is 55.2 Å². The first-order valence-corrected chi connectivity index (χ1v) is 10.3. The van der Waals surface area contributed by atoms with E-state index in [1.54, 1.807) is 4.40 Å². The number of aromatic nitrogens is 2. The SMILES string of the molecule is O=c1/c(=C/c2cc(Br)c(N3CCCCC3)o2)sc2nc3ccccc3n12. The van der Waals surface area contributed by atoms with Crippen molar-refractivity contribution in [2.45, 2.75) is 19.3 Å². The van der Waals surface area contributed by atoms with Gasteiger partial charge in [-0.2, -0.15) is 0 Å². The van der Waals surface area contributed by atoms with Gasteiger partial charge in [-0.15, -0.1) is 0 Å². The van der Waals surface area contributed by atoms with Gasteiger partial charge in [0.05, 0.1) is 15.5 Å². The topological polar surface area (TPSA) is 50.8 Å². The molecule has 1 aromatic carbocycles. The molecule has 0 unspecified atom stereocenters. The Morgan fingerprint density at radius 2 is 2.00 bits per heavy atom. The van der Waals surface area contributed by atoms with E-state index in [0.717, 1.165) is 34.5 Å². The lowest BCUT2D eigenvalue weighted by Crippen LogP contribution is -2.29. The van der Waals surface area contributed by atoms with Crippen molar-refractivity contribution in [3.63, 3.8) is 0 Å². The van der Waals surface area contributed by atoms with E-state index in [-0.39, 0.29) is 5.56 Å². The van der Waals surface area contributed by atoms with E-state index < -0.39 is 0 Å². The molecule has 132 valence electrons. The summed E-state index contributed by atoms with van der Waals surface area (Å²) in [4.78, 5) is 20.4. The van der Waals surface area contributed by atoms with E-state index in [9.17, 15) is 4.79 Å². The number of para-hydroxylation sites is 2. The van der Waals surface area contributed by atoms with E-state index in [2.05, 4.69) is 25.8 Å². The summed E-state index contributed by atoms with van der Waals surface area (Å²) in [6.45, 7) is 2.02. The van der Waals surface area contributed by atoms with Gasteiger partial charge in [0.1, 0.15) is 10.3 Å². The molecule has 0 aliphatic carbocycles. The molecule has 1 fully saturated rings. The maximum Gasteiger partial charge on any atom is 0.275 e. The van der Waals surface area contributed by atoms with E-state index >= 15 is 0 Å². The van der Waals surface area contributed by atoms with Crippen LogP contribution in [0.25, 0.3) is 22.1 Å². The minimum absolute atomic E-state index is 0.0502. The number of hydrogen-bond acceptors (Lipinski definition) is 5. The van der Waals surface area contributed by atoms with Crippen molar-refractivity contribution in [1.29, 1.82) is 0 Å². The van der Waals surface area contributed by atoms with Crippen molar-refractivity contribution in [3.8, 4) is 0 Å². The summed E-state index contributed by atoms with van der Waals surface area (Å²) < 4.78 is 9.27. The van der Waals surface area contributed by atoms with Crippen LogP contribution in [0.5, 0.6) is 0 Å². The first-order chi connectivity index (χ1) is 12.7. The van der Waals surface area contributed by atoms with Crippen LogP contribution in [-0.2, 0) is 0 Å². The van der Waals surface area contributed by atoms with E-state index in [1.807, 2.05) is 36.4 Å². The van der Waals surface area contributed by atoms with Gasteiger partial charge in [0, 0.05) is 25.2 Å². The Labute approximate surface area is 161 Å². The number of fused-ring (bicyclic) bond motifs is 3. The second-order valence-corrected chi connectivity index (χ2v) is 8.35. The average Bonchev–Trinajstić information content (AvgIpc) is 3.29. The predicted octanol–water partition coefficient (Wildman–Crippen LogP) is 3.80. The van der Waals surface area contributed by atoms with Gasteiger partial charge in [0.2, 0.25) is 5.88 Å². The maximum atomic E-state index is 12.8. The Morgan fingerprint density at radius 1 is 1.19 bits per heavy atom. The molecule has 5 rings (SSSR count). The number of rotatable bonds is 2. The van der Waals surface area contributed by atoms with Crippen LogP contribution in [0.15, 0.2) is 44.0 Å². The number of hydrogen-bond donors (Lipinski definition) is 0. The molecule has 0 atom stereocenters. The molecule has 4 aromatic rings. The van der Waals surface area contributed by atoms with E-state index in [1.165, 1.54) is 30.6 Å². The highest BCUT2D eigenvalue weighted by atomic mass is 79.9. The summed E-state index contributed by atoms with van der Waals surface area (Å²) >= 11 is 4.99. The molecule has 4 heterocycles. The zero-order valence-corrected chi connectivity index (χ0v) is 16.3. The molecule has 1 saturated heterocycles. The van der Waals surface area contributed by atoms with E-state index in [4.69, 9.17) is 4.42 Å². The Hall–Kier alpha value is -2.12. The van der Waals surface area contributed by atoms with Crippen molar-refractivity contribution in [2.24, 2.45) is 0 Å². The monoisotopic (exact) mass is 429 g/mol. The summed E-state index contributed by atoms with van der Waals surface area (Å²) in [6, 6.07) is 9.63. The molecule has 7 heteroatoms. The van der Waals surface area contributed by atoms with Crippen molar-refractivity contribution in [2.75, 3.05) is 18.0 Å². The number of benzene rings is 1. The smallest absolute Gasteiger partial charge is 0.275 e. The van der Waals surface area contributed by atoms with Crippen LogP contribution in [0.3, 0.4) is 0 Å². The molecule has 1 aliphatic heterocycles. The lowest BCUT2D eigenvalue weighted by atomic mass is 10.1. The summed E-state index contributed by atoms with van der Waals surface area (Å²) in [5, 5.41) is 0. The Kier molecular flexibility index (Phi) is 3.86. The number of thiazole rings is 1. The maximum absolute atomic E-state index is 12.8. The number of halogens is 1. The van der Waals surface area contributed by atoms with Crippen LogP contribution >= 0.6 is 27.3 Å². The third-order valence-electron chi connectivity index (χ3n) is 4.75. The average molecular weight is 430 g/mol. The fraction of sp³-hybridized carbons (Fsp3) is 0.263. The van der Waals surface area contributed by atoms with Gasteiger partial charge >= 0.3 is 0 Å². The molecule has 26 heavy (non-hydrogen) atoms. The molecule has 5 nitrogen and oxygen atoms in total. The Bertz CT molecular complexity index is 1220. The molecule has 0 radical (unpaired) electrons. The van der Waals surface area contributed by atoms with Crippen LogP contribution in [-0.4, -0.2) is 22.5 Å². The molecule has 0 bridgehead atoms. The lowest BCUT2D eigenvalue weighted by molar-refractivity contribution is 0.494. The minimum Gasteiger partial charge on any atom is -0.440 e. The highest BCUT2D eigenvalue weighted by molar-refractivity contribution is 9.10. The van der Waals surface area contributed by atoms with Crippen LogP contribution in [0.4, 0.5) is 5.88 Å². The molecule has 1 aliphatic rings. The molecular formula is C19H16BrN3O2S. The fourth-order valence-corrected chi connectivity index (χ4v) is 5.03. The van der Waals surface area contributed by atoms with Crippen LogP contribution in [0.2, 0.25) is 0 Å². The van der Waals surface area contributed by atoms with Gasteiger partial charge in [-0.1, -0.05) is 23.5 Å². The van der Waals surface area contributed by atoms with Gasteiger partial charge in [-0.25, -0.2) is 9.38 Å². The van der Waals surface area contributed by atoms with Gasteiger partial charge in [-0.3, -0.25) is 4.79 Å². The second kappa shape index (κ2) is 6.25. The zero-order valence-electron chi connectivity index (χ0n) is 13.9. The first-order valence-electron chi connectivity index (χ1n) is 8.67. The van der Waals surface area contributed by atoms with Crippen molar-refractivity contribution in [3.05, 3.63) is 55.5 Å². The predicted molar refractivity (Wildman–Crippen MR) is 108 cm³/mol. The van der Waals surface area contributed by atoms with E-state index in [0.29, 0.717) is 15.3 Å². The number of imidazole rings is 1. The molecule has 0 saturated carbocycles. The molecule has 0 spiro atoms. The number of furan rings is 1. The van der Waals surface area contributed by atoms with Crippen LogP contribution in [0, 0.1) is 0 Å². The molecular weight excluding hydrogens is 414 g/mol. The lowest BCUT2D eigenvalue weighted by Gasteiger charge is -2.26. The standard InChI is InChI=1S/C19H16BrN3O2S/c20-13-10-12(25-18(13)22-8-4-1-5-9-22)11-16-17(24)23-15-7-3-2-6-14(15)21-19(23)26-16/h2-3,6-7,10-11H,1,4-5,8-9H2/b16-11-. The summed E-state index contributed by atoms with van der Waals surface area (Å²) in [5.41, 5.74) is 1.64. The van der Waals surface area contributed by atoms with Gasteiger partial charge in [0.15, 0.2) is 4.96 Å². The summed E-state index contributed by atoms with van der Waals surface area (Å²) in [6.07, 6.45) is 5.46. The number of anilines is 1. The largest absolute Gasteiger partial charge is 0.440 e. The van der Waals surface area contributed by atoms with Crippen molar-refractivity contribution < 1.29 is 4.42 Å².